The van der Waals surface area contributed by atoms with Gasteiger partial charge in [0.1, 0.15) is 17.5 Å². The molecule has 2 aliphatic rings. The number of aromatic nitrogens is 2. The van der Waals surface area contributed by atoms with Gasteiger partial charge in [-0.05, 0) is 51.9 Å². The molecule has 9 nitrogen and oxygen atoms in total. The highest BCUT2D eigenvalue weighted by molar-refractivity contribution is 6.42. The fourth-order valence-electron chi connectivity index (χ4n) is 4.80. The van der Waals surface area contributed by atoms with Gasteiger partial charge < -0.3 is 14.5 Å². The number of aryl methyl sites for hydroxylation is 1. The Balaban J connectivity index is 1.39. The van der Waals surface area contributed by atoms with Crippen LogP contribution in [-0.2, 0) is 16.0 Å². The van der Waals surface area contributed by atoms with E-state index in [4.69, 9.17) is 27.9 Å². The lowest BCUT2D eigenvalue weighted by Crippen LogP contribution is -2.63. The van der Waals surface area contributed by atoms with E-state index >= 15 is 0 Å². The molecule has 2 fully saturated rings. The van der Waals surface area contributed by atoms with Crippen LogP contribution in [-0.4, -0.2) is 101 Å². The minimum absolute atomic E-state index is 0.0822. The van der Waals surface area contributed by atoms with Crippen molar-refractivity contribution in [3.05, 3.63) is 52.3 Å². The molecule has 0 spiro atoms. The van der Waals surface area contributed by atoms with Crippen molar-refractivity contribution in [2.24, 2.45) is 0 Å². The predicted octanol–water partition coefficient (Wildman–Crippen LogP) is 4.13. The van der Waals surface area contributed by atoms with Crippen molar-refractivity contribution < 1.29 is 18.7 Å². The van der Waals surface area contributed by atoms with Crippen molar-refractivity contribution in [2.45, 2.75) is 45.3 Å². The number of hydrogen-bond donors (Lipinski definition) is 0. The first kappa shape index (κ1) is 29.3. The summed E-state index contributed by atoms with van der Waals surface area (Å²) in [7, 11) is 0. The lowest BCUT2D eigenvalue weighted by molar-refractivity contribution is -0.139. The summed E-state index contributed by atoms with van der Waals surface area (Å²) in [6, 6.07) is 4.88. The van der Waals surface area contributed by atoms with Gasteiger partial charge in [-0.3, -0.25) is 14.6 Å². The Bertz CT molecular complexity index is 1160. The third kappa shape index (κ3) is 7.93. The van der Waals surface area contributed by atoms with Gasteiger partial charge in [-0.1, -0.05) is 23.2 Å². The number of amides is 2. The number of rotatable bonds is 6. The molecular weight excluding hydrogens is 546 g/mol. The van der Waals surface area contributed by atoms with E-state index in [1.165, 1.54) is 0 Å². The van der Waals surface area contributed by atoms with Crippen molar-refractivity contribution in [1.29, 1.82) is 0 Å². The van der Waals surface area contributed by atoms with Crippen LogP contribution < -0.4 is 4.90 Å². The summed E-state index contributed by atoms with van der Waals surface area (Å²) in [5.41, 5.74) is 0.295. The quantitative estimate of drug-likeness (QED) is 0.508. The Hall–Kier alpha value is -2.69. The number of carbonyl (C=O) groups is 2. The van der Waals surface area contributed by atoms with Gasteiger partial charge in [0.15, 0.2) is 5.82 Å². The number of carbonyl (C=O) groups excluding carboxylic acids is 2. The smallest absolute Gasteiger partial charge is 0.411 e. The largest absolute Gasteiger partial charge is 0.444 e. The third-order valence-corrected chi connectivity index (χ3v) is 7.52. The fourth-order valence-corrected chi connectivity index (χ4v) is 5.09. The number of benzene rings is 1. The van der Waals surface area contributed by atoms with Gasteiger partial charge in [-0.15, -0.1) is 0 Å². The second-order valence-electron chi connectivity index (χ2n) is 10.8. The number of piperazine rings is 2. The number of nitrogens with zero attached hydrogens (tertiary/aromatic N) is 6. The van der Waals surface area contributed by atoms with E-state index in [1.54, 1.807) is 11.0 Å². The van der Waals surface area contributed by atoms with Crippen molar-refractivity contribution in [2.75, 3.05) is 57.3 Å². The second kappa shape index (κ2) is 12.7. The highest BCUT2D eigenvalue weighted by Gasteiger charge is 2.40. The molecule has 0 aliphatic carbocycles. The van der Waals surface area contributed by atoms with Gasteiger partial charge in [0, 0.05) is 57.9 Å². The van der Waals surface area contributed by atoms with E-state index < -0.39 is 23.6 Å². The van der Waals surface area contributed by atoms with E-state index in [-0.39, 0.29) is 5.91 Å². The van der Waals surface area contributed by atoms with Crippen LogP contribution in [0.5, 0.6) is 0 Å². The zero-order chi connectivity index (χ0) is 28.2. The maximum absolute atomic E-state index is 13.8. The number of anilines is 1. The van der Waals surface area contributed by atoms with Gasteiger partial charge >= 0.3 is 6.09 Å². The molecule has 39 heavy (non-hydrogen) atoms. The molecule has 2 aromatic rings. The topological polar surface area (TPSA) is 82.1 Å². The highest BCUT2D eigenvalue weighted by atomic mass is 35.5. The Morgan fingerprint density at radius 1 is 1.03 bits per heavy atom. The molecular formula is C27H35Cl2FN6O3. The molecule has 2 amide bonds. The van der Waals surface area contributed by atoms with Gasteiger partial charge in [0.2, 0.25) is 5.91 Å². The SMILES string of the molecule is CC(C)(C)OC(=O)N1CCN(CCCc2ncc(F)cn2)C[C@@H]1C(=O)N1CCN(c2ccc(Cl)c(Cl)c2)CC1. The first-order chi connectivity index (χ1) is 18.5. The molecule has 2 saturated heterocycles. The first-order valence-corrected chi connectivity index (χ1v) is 13.9. The first-order valence-electron chi connectivity index (χ1n) is 13.2. The minimum atomic E-state index is -0.664. The van der Waals surface area contributed by atoms with Crippen LogP contribution in [0.3, 0.4) is 0 Å². The standard InChI is InChI=1S/C27H35Cl2FN6O3/c1-27(2,3)39-26(38)36-14-9-33(8-4-5-24-31-16-19(30)17-32-24)18-23(36)25(37)35-12-10-34(11-13-35)20-6-7-21(28)22(29)15-20/h6-7,15-17,23H,4-5,8-14,18H2,1-3H3/t23-/m1/s1. The molecule has 1 atom stereocenters. The molecule has 12 heteroatoms. The average Bonchev–Trinajstić information content (AvgIpc) is 2.90. The van der Waals surface area contributed by atoms with Crippen molar-refractivity contribution in [3.63, 3.8) is 0 Å². The van der Waals surface area contributed by atoms with Crippen LogP contribution in [0.1, 0.15) is 33.0 Å². The average molecular weight is 582 g/mol. The van der Waals surface area contributed by atoms with E-state index in [0.29, 0.717) is 74.6 Å². The van der Waals surface area contributed by atoms with Crippen molar-refractivity contribution in [1.82, 2.24) is 24.7 Å². The molecule has 2 aliphatic heterocycles. The summed E-state index contributed by atoms with van der Waals surface area (Å²) in [4.78, 5) is 42.6. The lowest BCUT2D eigenvalue weighted by atomic mass is 10.1. The molecule has 0 unspecified atom stereocenters. The maximum Gasteiger partial charge on any atom is 0.411 e. The zero-order valence-corrected chi connectivity index (χ0v) is 24.1. The van der Waals surface area contributed by atoms with E-state index in [2.05, 4.69) is 19.8 Å². The Kier molecular flexibility index (Phi) is 9.51. The van der Waals surface area contributed by atoms with E-state index in [0.717, 1.165) is 24.5 Å². The van der Waals surface area contributed by atoms with Crippen LogP contribution in [0.15, 0.2) is 30.6 Å². The van der Waals surface area contributed by atoms with E-state index in [1.807, 2.05) is 37.8 Å². The summed E-state index contributed by atoms with van der Waals surface area (Å²) < 4.78 is 18.7. The summed E-state index contributed by atoms with van der Waals surface area (Å²) in [6.45, 7) is 9.92. The summed E-state index contributed by atoms with van der Waals surface area (Å²) in [6.07, 6.45) is 3.20. The molecule has 1 aromatic carbocycles. The predicted molar refractivity (Wildman–Crippen MR) is 149 cm³/mol. The van der Waals surface area contributed by atoms with Crippen molar-refractivity contribution in [3.8, 4) is 0 Å². The van der Waals surface area contributed by atoms with Crippen LogP contribution in [0, 0.1) is 5.82 Å². The Labute approximate surface area is 238 Å². The van der Waals surface area contributed by atoms with E-state index in [9.17, 15) is 14.0 Å². The zero-order valence-electron chi connectivity index (χ0n) is 22.6. The molecule has 0 bridgehead atoms. The van der Waals surface area contributed by atoms with Crippen LogP contribution >= 0.6 is 23.2 Å². The molecule has 4 rings (SSSR count). The molecule has 1 aromatic heterocycles. The summed E-state index contributed by atoms with van der Waals surface area (Å²) in [5.74, 6) is 0.0358. The Morgan fingerprint density at radius 3 is 2.36 bits per heavy atom. The second-order valence-corrected chi connectivity index (χ2v) is 11.6. The van der Waals surface area contributed by atoms with Crippen molar-refractivity contribution >= 4 is 40.9 Å². The Morgan fingerprint density at radius 2 is 1.72 bits per heavy atom. The van der Waals surface area contributed by atoms with Crippen LogP contribution in [0.4, 0.5) is 14.9 Å². The fraction of sp³-hybridized carbons (Fsp3) is 0.556. The van der Waals surface area contributed by atoms with Crippen LogP contribution in [0.2, 0.25) is 10.0 Å². The van der Waals surface area contributed by atoms with Gasteiger partial charge in [0.25, 0.3) is 0 Å². The molecule has 0 saturated carbocycles. The minimum Gasteiger partial charge on any atom is -0.444 e. The van der Waals surface area contributed by atoms with Gasteiger partial charge in [-0.2, -0.15) is 0 Å². The third-order valence-electron chi connectivity index (χ3n) is 6.79. The highest BCUT2D eigenvalue weighted by Crippen LogP contribution is 2.28. The number of ether oxygens (including phenoxy) is 1. The molecule has 212 valence electrons. The number of hydrogen-bond acceptors (Lipinski definition) is 7. The molecule has 3 heterocycles. The van der Waals surface area contributed by atoms with Crippen LogP contribution in [0.25, 0.3) is 0 Å². The summed E-state index contributed by atoms with van der Waals surface area (Å²) in [5, 5.41) is 0.998. The monoisotopic (exact) mass is 580 g/mol. The molecule has 0 radical (unpaired) electrons. The lowest BCUT2D eigenvalue weighted by Gasteiger charge is -2.44. The number of halogens is 3. The van der Waals surface area contributed by atoms with Gasteiger partial charge in [0.05, 0.1) is 22.4 Å². The normalized spacial score (nSPS) is 18.8. The summed E-state index contributed by atoms with van der Waals surface area (Å²) >= 11 is 12.3. The maximum atomic E-state index is 13.8. The molecule has 0 N–H and O–H groups in total. The van der Waals surface area contributed by atoms with Gasteiger partial charge in [-0.25, -0.2) is 19.2 Å².